The summed E-state index contributed by atoms with van der Waals surface area (Å²) in [6.07, 6.45) is 2.51. The molecular weight excluding hydrogens is 260 g/mol. The van der Waals surface area contributed by atoms with Crippen LogP contribution in [0.15, 0.2) is 24.3 Å². The maximum atomic E-state index is 12.4. The highest BCUT2D eigenvalue weighted by Gasteiger charge is 2.47. The van der Waals surface area contributed by atoms with Crippen LogP contribution in [-0.2, 0) is 4.79 Å². The van der Waals surface area contributed by atoms with Crippen LogP contribution in [-0.4, -0.2) is 17.5 Å². The van der Waals surface area contributed by atoms with Gasteiger partial charge in [-0.15, -0.1) is 0 Å². The predicted molar refractivity (Wildman–Crippen MR) is 75.9 cm³/mol. The third-order valence-corrected chi connectivity index (χ3v) is 4.51. The number of benzene rings is 1. The van der Waals surface area contributed by atoms with Gasteiger partial charge in [0.15, 0.2) is 0 Å². The van der Waals surface area contributed by atoms with Gasteiger partial charge in [-0.1, -0.05) is 36.8 Å². The standard InChI is InChI=1S/C14H16N2O2S/c15-12(19)14(6-3-7-14)13(17)16-10-8-18-11-5-2-1-4-9(10)11/h1-2,4-5,10H,3,6-8H2,(H2,15,19)(H,16,17). The monoisotopic (exact) mass is 276 g/mol. The number of hydrogen-bond donors (Lipinski definition) is 2. The van der Waals surface area contributed by atoms with Crippen LogP contribution in [0.25, 0.3) is 0 Å². The minimum absolute atomic E-state index is 0.0587. The van der Waals surface area contributed by atoms with Gasteiger partial charge in [0, 0.05) is 5.56 Å². The predicted octanol–water partition coefficient (Wildman–Crippen LogP) is 1.69. The minimum atomic E-state index is -0.632. The van der Waals surface area contributed by atoms with Gasteiger partial charge in [-0.05, 0) is 18.9 Å². The third kappa shape index (κ3) is 1.89. The SMILES string of the molecule is NC(=S)C1(C(=O)NC2COc3ccccc32)CCC1. The van der Waals surface area contributed by atoms with Gasteiger partial charge in [0.2, 0.25) is 5.91 Å². The van der Waals surface area contributed by atoms with Gasteiger partial charge in [-0.25, -0.2) is 0 Å². The maximum absolute atomic E-state index is 12.4. The molecule has 100 valence electrons. The number of fused-ring (bicyclic) bond motifs is 1. The zero-order valence-corrected chi connectivity index (χ0v) is 11.3. The van der Waals surface area contributed by atoms with Crippen molar-refractivity contribution in [2.24, 2.45) is 11.1 Å². The number of thiocarbonyl (C=S) groups is 1. The molecule has 5 heteroatoms. The van der Waals surface area contributed by atoms with Gasteiger partial charge in [-0.3, -0.25) is 4.79 Å². The quantitative estimate of drug-likeness (QED) is 0.825. The zero-order valence-electron chi connectivity index (χ0n) is 10.5. The summed E-state index contributed by atoms with van der Waals surface area (Å²) < 4.78 is 5.56. The molecule has 1 aromatic rings. The third-order valence-electron chi connectivity index (χ3n) is 4.12. The van der Waals surface area contributed by atoms with E-state index in [4.69, 9.17) is 22.7 Å². The smallest absolute Gasteiger partial charge is 0.233 e. The zero-order chi connectivity index (χ0) is 13.5. The fraction of sp³-hybridized carbons (Fsp3) is 0.429. The first-order chi connectivity index (χ1) is 9.13. The summed E-state index contributed by atoms with van der Waals surface area (Å²) in [5, 5.41) is 3.03. The van der Waals surface area contributed by atoms with Crippen LogP contribution in [0.2, 0.25) is 0 Å². The second kappa shape index (κ2) is 4.49. The maximum Gasteiger partial charge on any atom is 0.233 e. The second-order valence-electron chi connectivity index (χ2n) is 5.17. The summed E-state index contributed by atoms with van der Waals surface area (Å²) >= 11 is 5.06. The largest absolute Gasteiger partial charge is 0.491 e. The van der Waals surface area contributed by atoms with Crippen molar-refractivity contribution in [1.82, 2.24) is 5.32 Å². The minimum Gasteiger partial charge on any atom is -0.491 e. The molecule has 3 rings (SSSR count). The highest BCUT2D eigenvalue weighted by atomic mass is 32.1. The van der Waals surface area contributed by atoms with Gasteiger partial charge in [-0.2, -0.15) is 0 Å². The number of carbonyl (C=O) groups excluding carboxylic acids is 1. The Kier molecular flexibility index (Phi) is 2.93. The van der Waals surface area contributed by atoms with E-state index >= 15 is 0 Å². The van der Waals surface area contributed by atoms with Crippen LogP contribution in [0, 0.1) is 5.41 Å². The van der Waals surface area contributed by atoms with Crippen LogP contribution in [0.3, 0.4) is 0 Å². The molecule has 1 unspecified atom stereocenters. The van der Waals surface area contributed by atoms with Crippen molar-refractivity contribution in [2.75, 3.05) is 6.61 Å². The van der Waals surface area contributed by atoms with E-state index < -0.39 is 5.41 Å². The Morgan fingerprint density at radius 1 is 1.42 bits per heavy atom. The lowest BCUT2D eigenvalue weighted by Gasteiger charge is -2.39. The molecule has 0 saturated heterocycles. The Bertz CT molecular complexity index is 540. The first-order valence-electron chi connectivity index (χ1n) is 6.46. The Morgan fingerprint density at radius 3 is 2.79 bits per heavy atom. The van der Waals surface area contributed by atoms with E-state index in [9.17, 15) is 4.79 Å². The van der Waals surface area contributed by atoms with E-state index in [-0.39, 0.29) is 11.9 Å². The molecule has 0 aromatic heterocycles. The molecule has 1 aliphatic carbocycles. The fourth-order valence-electron chi connectivity index (χ4n) is 2.69. The molecule has 1 fully saturated rings. The molecule has 19 heavy (non-hydrogen) atoms. The van der Waals surface area contributed by atoms with Crippen LogP contribution in [0.4, 0.5) is 0 Å². The molecule has 0 spiro atoms. The molecule has 1 saturated carbocycles. The first kappa shape index (κ1) is 12.4. The molecule has 1 aromatic carbocycles. The number of para-hydroxylation sites is 1. The second-order valence-corrected chi connectivity index (χ2v) is 5.61. The number of nitrogens with two attached hydrogens (primary N) is 1. The Labute approximate surface area is 117 Å². The van der Waals surface area contributed by atoms with Gasteiger partial charge in [0.1, 0.15) is 12.4 Å². The molecule has 2 aliphatic rings. The molecule has 0 bridgehead atoms. The van der Waals surface area contributed by atoms with Crippen molar-refractivity contribution in [1.29, 1.82) is 0 Å². The summed E-state index contributed by atoms with van der Waals surface area (Å²) in [4.78, 5) is 12.7. The lowest BCUT2D eigenvalue weighted by molar-refractivity contribution is -0.131. The van der Waals surface area contributed by atoms with Crippen molar-refractivity contribution in [3.63, 3.8) is 0 Å². The van der Waals surface area contributed by atoms with Crippen molar-refractivity contribution < 1.29 is 9.53 Å². The molecule has 0 radical (unpaired) electrons. The van der Waals surface area contributed by atoms with Crippen LogP contribution >= 0.6 is 12.2 Å². The summed E-state index contributed by atoms with van der Waals surface area (Å²) in [6, 6.07) is 7.65. The van der Waals surface area contributed by atoms with Gasteiger partial charge < -0.3 is 15.8 Å². The highest BCUT2D eigenvalue weighted by molar-refractivity contribution is 7.80. The van der Waals surface area contributed by atoms with Gasteiger partial charge in [0.05, 0.1) is 16.4 Å². The molecule has 1 amide bonds. The number of hydrogen-bond acceptors (Lipinski definition) is 3. The first-order valence-corrected chi connectivity index (χ1v) is 6.87. The molecular formula is C14H16N2O2S. The van der Waals surface area contributed by atoms with E-state index in [1.807, 2.05) is 24.3 Å². The van der Waals surface area contributed by atoms with Crippen molar-refractivity contribution in [3.8, 4) is 5.75 Å². The van der Waals surface area contributed by atoms with E-state index in [1.54, 1.807) is 0 Å². The van der Waals surface area contributed by atoms with Crippen LogP contribution < -0.4 is 15.8 Å². The lowest BCUT2D eigenvalue weighted by Crippen LogP contribution is -2.53. The summed E-state index contributed by atoms with van der Waals surface area (Å²) in [5.74, 6) is 0.780. The number of rotatable bonds is 3. The number of carbonyl (C=O) groups is 1. The van der Waals surface area contributed by atoms with Gasteiger partial charge in [0.25, 0.3) is 0 Å². The average molecular weight is 276 g/mol. The van der Waals surface area contributed by atoms with Crippen LogP contribution in [0.5, 0.6) is 5.75 Å². The Morgan fingerprint density at radius 2 is 2.16 bits per heavy atom. The van der Waals surface area contributed by atoms with E-state index in [1.165, 1.54) is 0 Å². The lowest BCUT2D eigenvalue weighted by atomic mass is 9.68. The Hall–Kier alpha value is -1.62. The van der Waals surface area contributed by atoms with E-state index in [0.717, 1.165) is 30.6 Å². The molecule has 4 nitrogen and oxygen atoms in total. The van der Waals surface area contributed by atoms with E-state index in [2.05, 4.69) is 5.32 Å². The average Bonchev–Trinajstić information content (AvgIpc) is 2.71. The molecule has 1 heterocycles. The normalized spacial score (nSPS) is 22.8. The molecule has 1 aliphatic heterocycles. The van der Waals surface area contributed by atoms with Crippen LogP contribution in [0.1, 0.15) is 30.9 Å². The van der Waals surface area contributed by atoms with Crippen molar-refractivity contribution in [3.05, 3.63) is 29.8 Å². The van der Waals surface area contributed by atoms with Crippen molar-refractivity contribution >= 4 is 23.1 Å². The number of amides is 1. The topological polar surface area (TPSA) is 64.4 Å². The van der Waals surface area contributed by atoms with Crippen molar-refractivity contribution in [2.45, 2.75) is 25.3 Å². The Balaban J connectivity index is 1.76. The van der Waals surface area contributed by atoms with E-state index in [0.29, 0.717) is 11.6 Å². The summed E-state index contributed by atoms with van der Waals surface area (Å²) in [5.41, 5.74) is 6.13. The van der Waals surface area contributed by atoms with Gasteiger partial charge >= 0.3 is 0 Å². The molecule has 1 atom stereocenters. The fourth-order valence-corrected chi connectivity index (χ4v) is 2.99. The number of nitrogens with one attached hydrogen (secondary N) is 1. The molecule has 3 N–H and O–H groups in total. The highest BCUT2D eigenvalue weighted by Crippen LogP contribution is 2.42. The summed E-state index contributed by atoms with van der Waals surface area (Å²) in [7, 11) is 0. The summed E-state index contributed by atoms with van der Waals surface area (Å²) in [6.45, 7) is 0.471. The number of ether oxygens (including phenoxy) is 1.